The maximum Gasteiger partial charge on any atom is 0.331 e. The fourth-order valence-electron chi connectivity index (χ4n) is 4.24. The maximum atomic E-state index is 13.6. The SMILES string of the molecule is Cc1ccc(Cn2nnnc2SC(=O)N(CC(=O)Oc2cc(C(N)=O)c(O)c3ccccc23)c2ccc(C)cc2)cc1. The molecule has 0 aliphatic heterocycles. The fraction of sp³-hybridized carbons (Fsp3) is 0.133. The summed E-state index contributed by atoms with van der Waals surface area (Å²) in [6.45, 7) is 3.79. The van der Waals surface area contributed by atoms with Gasteiger partial charge in [-0.05, 0) is 48.0 Å². The topological polar surface area (TPSA) is 154 Å². The Hall–Kier alpha value is -5.23. The molecule has 0 spiro atoms. The second-order valence-corrected chi connectivity index (χ2v) is 10.5. The molecule has 11 nitrogen and oxygen atoms in total. The van der Waals surface area contributed by atoms with Crippen molar-refractivity contribution in [3.8, 4) is 11.5 Å². The number of nitrogens with two attached hydrogens (primary N) is 1. The number of aromatic hydroxyl groups is 1. The summed E-state index contributed by atoms with van der Waals surface area (Å²) in [6, 6.07) is 22.7. The van der Waals surface area contributed by atoms with E-state index in [1.807, 2.05) is 50.2 Å². The van der Waals surface area contributed by atoms with Gasteiger partial charge in [0.25, 0.3) is 11.1 Å². The van der Waals surface area contributed by atoms with Gasteiger partial charge in [0.1, 0.15) is 18.0 Å². The molecule has 0 radical (unpaired) electrons. The molecule has 5 rings (SSSR count). The second kappa shape index (κ2) is 12.1. The van der Waals surface area contributed by atoms with Gasteiger partial charge in [0.05, 0.1) is 12.1 Å². The molecule has 0 atom stereocenters. The molecule has 42 heavy (non-hydrogen) atoms. The normalized spacial score (nSPS) is 10.9. The standard InChI is InChI=1S/C30H26N6O5S/c1-18-7-11-20(12-8-18)16-36-29(32-33-34-36)42-30(40)35(21-13-9-19(2)10-14-21)17-26(37)41-25-15-24(28(31)39)27(38)23-6-4-3-5-22(23)25/h3-15,38H,16-17H2,1-2H3,(H2,31,39). The number of rotatable bonds is 8. The minimum Gasteiger partial charge on any atom is -0.506 e. The Bertz CT molecular complexity index is 1790. The van der Waals surface area contributed by atoms with Crippen molar-refractivity contribution in [3.63, 3.8) is 0 Å². The Morgan fingerprint density at radius 3 is 2.26 bits per heavy atom. The maximum absolute atomic E-state index is 13.6. The second-order valence-electron chi connectivity index (χ2n) is 9.55. The first-order valence-electron chi connectivity index (χ1n) is 12.8. The van der Waals surface area contributed by atoms with Crippen molar-refractivity contribution in [1.82, 2.24) is 20.2 Å². The van der Waals surface area contributed by atoms with Crippen LogP contribution in [0.2, 0.25) is 0 Å². The quantitative estimate of drug-likeness (QED) is 0.152. The van der Waals surface area contributed by atoms with Crippen molar-refractivity contribution in [2.45, 2.75) is 25.5 Å². The number of carbonyl (C=O) groups is 3. The average molecular weight is 583 g/mol. The lowest BCUT2D eigenvalue weighted by molar-refractivity contribution is -0.132. The third-order valence-electron chi connectivity index (χ3n) is 6.45. The first kappa shape index (κ1) is 28.3. The van der Waals surface area contributed by atoms with Crippen LogP contribution >= 0.6 is 11.8 Å². The summed E-state index contributed by atoms with van der Waals surface area (Å²) in [5.74, 6) is -1.95. The van der Waals surface area contributed by atoms with E-state index in [1.54, 1.807) is 36.4 Å². The van der Waals surface area contributed by atoms with Crippen molar-refractivity contribution >= 4 is 45.3 Å². The molecule has 0 saturated heterocycles. The Kier molecular flexibility index (Phi) is 8.16. The number of anilines is 1. The molecule has 0 aliphatic rings. The smallest absolute Gasteiger partial charge is 0.331 e. The third-order valence-corrected chi connectivity index (χ3v) is 7.32. The number of carbonyl (C=O) groups excluding carboxylic acids is 3. The molecule has 12 heteroatoms. The van der Waals surface area contributed by atoms with Gasteiger partial charge < -0.3 is 15.6 Å². The van der Waals surface area contributed by atoms with Crippen LogP contribution < -0.4 is 15.4 Å². The van der Waals surface area contributed by atoms with E-state index in [9.17, 15) is 19.5 Å². The first-order valence-corrected chi connectivity index (χ1v) is 13.6. The molecule has 3 N–H and O–H groups in total. The van der Waals surface area contributed by atoms with E-state index in [0.29, 0.717) is 23.0 Å². The van der Waals surface area contributed by atoms with E-state index in [-0.39, 0.29) is 22.2 Å². The van der Waals surface area contributed by atoms with E-state index >= 15 is 0 Å². The molecule has 0 saturated carbocycles. The predicted octanol–water partition coefficient (Wildman–Crippen LogP) is 4.62. The molecule has 0 fully saturated rings. The molecule has 212 valence electrons. The number of esters is 1. The van der Waals surface area contributed by atoms with Crippen LogP contribution in [-0.2, 0) is 11.3 Å². The van der Waals surface area contributed by atoms with E-state index in [1.165, 1.54) is 15.6 Å². The number of nitrogens with zero attached hydrogens (tertiary/aromatic N) is 5. The van der Waals surface area contributed by atoms with Gasteiger partial charge in [0.15, 0.2) is 0 Å². The van der Waals surface area contributed by atoms with Crippen molar-refractivity contribution in [2.24, 2.45) is 5.73 Å². The van der Waals surface area contributed by atoms with Crippen molar-refractivity contribution in [1.29, 1.82) is 0 Å². The van der Waals surface area contributed by atoms with Gasteiger partial charge in [-0.15, -0.1) is 5.10 Å². The molecule has 1 aromatic heterocycles. The number of hydrogen-bond donors (Lipinski definition) is 2. The minimum absolute atomic E-state index is 0.0215. The summed E-state index contributed by atoms with van der Waals surface area (Å²) < 4.78 is 7.15. The number of fused-ring (bicyclic) bond motifs is 1. The highest BCUT2D eigenvalue weighted by Crippen LogP contribution is 2.36. The largest absolute Gasteiger partial charge is 0.506 e. The molecule has 0 aliphatic carbocycles. The van der Waals surface area contributed by atoms with Crippen LogP contribution in [0.15, 0.2) is 84.0 Å². The Labute approximate surface area is 244 Å². The van der Waals surface area contributed by atoms with E-state index in [2.05, 4.69) is 15.5 Å². The average Bonchev–Trinajstić information content (AvgIpc) is 3.41. The highest BCUT2D eigenvalue weighted by atomic mass is 32.2. The number of amides is 2. The summed E-state index contributed by atoms with van der Waals surface area (Å²) in [5.41, 5.74) is 8.74. The monoisotopic (exact) mass is 582 g/mol. The zero-order valence-corrected chi connectivity index (χ0v) is 23.5. The van der Waals surface area contributed by atoms with Crippen molar-refractivity contribution < 1.29 is 24.2 Å². The molecular weight excluding hydrogens is 556 g/mol. The van der Waals surface area contributed by atoms with Gasteiger partial charge in [-0.2, -0.15) is 0 Å². The number of thioether (sulfide) groups is 1. The lowest BCUT2D eigenvalue weighted by atomic mass is 10.0. The fourth-order valence-corrected chi connectivity index (χ4v) is 4.96. The Morgan fingerprint density at radius 2 is 1.60 bits per heavy atom. The van der Waals surface area contributed by atoms with Gasteiger partial charge in [-0.1, -0.05) is 71.8 Å². The van der Waals surface area contributed by atoms with Crippen LogP contribution in [0.5, 0.6) is 11.5 Å². The molecular formula is C30H26N6O5S. The summed E-state index contributed by atoms with van der Waals surface area (Å²) in [6.07, 6.45) is 0. The van der Waals surface area contributed by atoms with Gasteiger partial charge in [-0.25, -0.2) is 9.48 Å². The zero-order chi connectivity index (χ0) is 29.8. The van der Waals surface area contributed by atoms with Gasteiger partial charge in [-0.3, -0.25) is 14.5 Å². The van der Waals surface area contributed by atoms with E-state index in [0.717, 1.165) is 28.5 Å². The summed E-state index contributed by atoms with van der Waals surface area (Å²) in [5, 5.41) is 22.7. The van der Waals surface area contributed by atoms with Crippen molar-refractivity contribution in [2.75, 3.05) is 11.4 Å². The predicted molar refractivity (Wildman–Crippen MR) is 158 cm³/mol. The lowest BCUT2D eigenvalue weighted by Gasteiger charge is -2.21. The molecule has 5 aromatic rings. The number of tetrazole rings is 1. The molecule has 1 heterocycles. The van der Waals surface area contributed by atoms with E-state index < -0.39 is 23.7 Å². The van der Waals surface area contributed by atoms with Crippen LogP contribution in [0.1, 0.15) is 27.0 Å². The highest BCUT2D eigenvalue weighted by Gasteiger charge is 2.25. The van der Waals surface area contributed by atoms with Crippen LogP contribution in [-0.4, -0.2) is 49.0 Å². The highest BCUT2D eigenvalue weighted by molar-refractivity contribution is 8.13. The van der Waals surface area contributed by atoms with Gasteiger partial charge in [0, 0.05) is 28.2 Å². The summed E-state index contributed by atoms with van der Waals surface area (Å²) in [4.78, 5) is 40.1. The van der Waals surface area contributed by atoms with Crippen molar-refractivity contribution in [3.05, 3.63) is 101 Å². The molecule has 0 unspecified atom stereocenters. The van der Waals surface area contributed by atoms with Gasteiger partial charge in [0.2, 0.25) is 5.16 Å². The molecule has 0 bridgehead atoms. The lowest BCUT2D eigenvalue weighted by Crippen LogP contribution is -2.35. The number of hydrogen-bond acceptors (Lipinski definition) is 9. The van der Waals surface area contributed by atoms with Crippen LogP contribution in [0, 0.1) is 13.8 Å². The summed E-state index contributed by atoms with van der Waals surface area (Å²) in [7, 11) is 0. The van der Waals surface area contributed by atoms with Gasteiger partial charge >= 0.3 is 5.97 Å². The molecule has 4 aromatic carbocycles. The van der Waals surface area contributed by atoms with Crippen LogP contribution in [0.25, 0.3) is 10.8 Å². The number of aromatic nitrogens is 4. The number of ether oxygens (including phenoxy) is 1. The Balaban J connectivity index is 1.40. The number of primary amides is 1. The zero-order valence-electron chi connectivity index (χ0n) is 22.7. The number of phenols is 1. The minimum atomic E-state index is -0.883. The van der Waals surface area contributed by atoms with E-state index in [4.69, 9.17) is 10.5 Å². The molecule has 2 amide bonds. The third kappa shape index (κ3) is 6.23. The summed E-state index contributed by atoms with van der Waals surface area (Å²) >= 11 is 0.777. The number of aryl methyl sites for hydroxylation is 2. The Morgan fingerprint density at radius 1 is 0.952 bits per heavy atom. The first-order chi connectivity index (χ1) is 20.2. The number of benzene rings is 4. The van der Waals surface area contributed by atoms with Crippen LogP contribution in [0.4, 0.5) is 10.5 Å². The van der Waals surface area contributed by atoms with Crippen LogP contribution in [0.3, 0.4) is 0 Å².